The van der Waals surface area contributed by atoms with Crippen LogP contribution in [-0.2, 0) is 4.74 Å². The highest BCUT2D eigenvalue weighted by molar-refractivity contribution is 4.72. The third-order valence-electron chi connectivity index (χ3n) is 2.39. The Labute approximate surface area is 86.4 Å². The van der Waals surface area contributed by atoms with Crippen molar-refractivity contribution in [3.63, 3.8) is 0 Å². The van der Waals surface area contributed by atoms with Crippen LogP contribution in [0.3, 0.4) is 0 Å². The van der Waals surface area contributed by atoms with Gasteiger partial charge in [0.15, 0.2) is 0 Å². The Morgan fingerprint density at radius 3 is 2.71 bits per heavy atom. The number of ether oxygens (including phenoxy) is 1. The summed E-state index contributed by atoms with van der Waals surface area (Å²) in [6, 6.07) is 0. The van der Waals surface area contributed by atoms with E-state index in [4.69, 9.17) is 4.74 Å². The maximum Gasteiger partial charge on any atom is 0.113 e. The van der Waals surface area contributed by atoms with Gasteiger partial charge in [0.05, 0.1) is 12.2 Å². The average molecular weight is 203 g/mol. The molecule has 0 N–H and O–H groups in total. The first-order chi connectivity index (χ1) is 6.47. The van der Waals surface area contributed by atoms with Crippen molar-refractivity contribution in [3.8, 4) is 0 Å². The quantitative estimate of drug-likeness (QED) is 0.697. The van der Waals surface area contributed by atoms with Gasteiger partial charge in [0.1, 0.15) is 6.17 Å². The molecule has 1 fully saturated rings. The summed E-state index contributed by atoms with van der Waals surface area (Å²) in [6.07, 6.45) is 1.09. The summed E-state index contributed by atoms with van der Waals surface area (Å²) in [7, 11) is 0. The SMILES string of the molecule is CC(C)(C)OCCN1CCC[C@@H](F)C1. The van der Waals surface area contributed by atoms with Crippen LogP contribution >= 0.6 is 0 Å². The smallest absolute Gasteiger partial charge is 0.113 e. The van der Waals surface area contributed by atoms with Crippen molar-refractivity contribution in [2.75, 3.05) is 26.2 Å². The van der Waals surface area contributed by atoms with Gasteiger partial charge in [-0.15, -0.1) is 0 Å². The summed E-state index contributed by atoms with van der Waals surface area (Å²) >= 11 is 0. The van der Waals surface area contributed by atoms with E-state index in [1.807, 2.05) is 20.8 Å². The molecule has 0 spiro atoms. The Bertz CT molecular complexity index is 167. The standard InChI is InChI=1S/C11H22FNO/c1-11(2,3)14-8-7-13-6-4-5-10(12)9-13/h10H,4-9H2,1-3H3/t10-/m1/s1. The normalized spacial score (nSPS) is 25.3. The van der Waals surface area contributed by atoms with Crippen LogP contribution in [0.25, 0.3) is 0 Å². The molecule has 0 aromatic carbocycles. The number of alkyl halides is 1. The molecule has 1 heterocycles. The molecule has 1 aliphatic rings. The van der Waals surface area contributed by atoms with Gasteiger partial charge in [0, 0.05) is 13.1 Å². The topological polar surface area (TPSA) is 12.5 Å². The first-order valence-electron chi connectivity index (χ1n) is 5.48. The number of rotatable bonds is 3. The zero-order valence-corrected chi connectivity index (χ0v) is 9.55. The molecule has 1 rings (SSSR count). The Morgan fingerprint density at radius 2 is 2.14 bits per heavy atom. The first-order valence-corrected chi connectivity index (χ1v) is 5.48. The average Bonchev–Trinajstić information content (AvgIpc) is 2.01. The van der Waals surface area contributed by atoms with Crippen molar-refractivity contribution in [2.45, 2.75) is 45.4 Å². The lowest BCUT2D eigenvalue weighted by molar-refractivity contribution is -0.0180. The molecule has 2 nitrogen and oxygen atoms in total. The molecule has 1 aliphatic heterocycles. The molecule has 14 heavy (non-hydrogen) atoms. The predicted octanol–water partition coefficient (Wildman–Crippen LogP) is 2.24. The van der Waals surface area contributed by atoms with Crippen LogP contribution in [0.15, 0.2) is 0 Å². The minimum absolute atomic E-state index is 0.0785. The van der Waals surface area contributed by atoms with Crippen molar-refractivity contribution in [3.05, 3.63) is 0 Å². The monoisotopic (exact) mass is 203 g/mol. The van der Waals surface area contributed by atoms with Crippen molar-refractivity contribution >= 4 is 0 Å². The van der Waals surface area contributed by atoms with E-state index in [9.17, 15) is 4.39 Å². The summed E-state index contributed by atoms with van der Waals surface area (Å²) in [5.41, 5.74) is -0.0785. The third-order valence-corrected chi connectivity index (χ3v) is 2.39. The fourth-order valence-electron chi connectivity index (χ4n) is 1.68. The summed E-state index contributed by atoms with van der Waals surface area (Å²) in [4.78, 5) is 2.15. The van der Waals surface area contributed by atoms with Crippen molar-refractivity contribution in [1.82, 2.24) is 4.90 Å². The van der Waals surface area contributed by atoms with Gasteiger partial charge in [-0.05, 0) is 40.2 Å². The molecule has 0 aliphatic carbocycles. The van der Waals surface area contributed by atoms with Crippen molar-refractivity contribution < 1.29 is 9.13 Å². The maximum atomic E-state index is 13.0. The third kappa shape index (κ3) is 4.91. The van der Waals surface area contributed by atoms with Gasteiger partial charge in [-0.1, -0.05) is 0 Å². The number of hydrogen-bond donors (Lipinski definition) is 0. The number of likely N-dealkylation sites (tertiary alicyclic amines) is 1. The highest BCUT2D eigenvalue weighted by Gasteiger charge is 2.19. The molecule has 0 aromatic rings. The van der Waals surface area contributed by atoms with Crippen LogP contribution in [0.2, 0.25) is 0 Å². The van der Waals surface area contributed by atoms with Gasteiger partial charge < -0.3 is 4.74 Å². The molecule has 3 heteroatoms. The van der Waals surface area contributed by atoms with E-state index in [1.165, 1.54) is 0 Å². The minimum atomic E-state index is -0.626. The second-order valence-corrected chi connectivity index (χ2v) is 5.00. The number of piperidine rings is 1. The molecule has 0 unspecified atom stereocenters. The van der Waals surface area contributed by atoms with Crippen molar-refractivity contribution in [2.24, 2.45) is 0 Å². The van der Waals surface area contributed by atoms with Crippen LogP contribution < -0.4 is 0 Å². The molecule has 1 atom stereocenters. The number of hydrogen-bond acceptors (Lipinski definition) is 2. The molecule has 0 saturated carbocycles. The van der Waals surface area contributed by atoms with E-state index in [0.717, 1.165) is 25.9 Å². The van der Waals surface area contributed by atoms with Gasteiger partial charge in [-0.25, -0.2) is 4.39 Å². The van der Waals surface area contributed by atoms with Crippen molar-refractivity contribution in [1.29, 1.82) is 0 Å². The Balaban J connectivity index is 2.12. The Morgan fingerprint density at radius 1 is 1.43 bits per heavy atom. The van der Waals surface area contributed by atoms with Gasteiger partial charge >= 0.3 is 0 Å². The largest absolute Gasteiger partial charge is 0.375 e. The Hall–Kier alpha value is -0.150. The summed E-state index contributed by atoms with van der Waals surface area (Å²) < 4.78 is 18.6. The second kappa shape index (κ2) is 5.08. The lowest BCUT2D eigenvalue weighted by Gasteiger charge is -2.30. The van der Waals surface area contributed by atoms with E-state index in [-0.39, 0.29) is 5.60 Å². The van der Waals surface area contributed by atoms with E-state index in [2.05, 4.69) is 4.90 Å². The van der Waals surface area contributed by atoms with E-state index >= 15 is 0 Å². The molecule has 84 valence electrons. The second-order valence-electron chi connectivity index (χ2n) is 5.00. The number of halogens is 1. The van der Waals surface area contributed by atoms with E-state index in [1.54, 1.807) is 0 Å². The molecule has 0 aromatic heterocycles. The van der Waals surface area contributed by atoms with Gasteiger partial charge in [0.25, 0.3) is 0 Å². The lowest BCUT2D eigenvalue weighted by atomic mass is 10.1. The van der Waals surface area contributed by atoms with Gasteiger partial charge in [-0.2, -0.15) is 0 Å². The highest BCUT2D eigenvalue weighted by atomic mass is 19.1. The van der Waals surface area contributed by atoms with Crippen LogP contribution in [0.1, 0.15) is 33.6 Å². The summed E-state index contributed by atoms with van der Waals surface area (Å²) in [5, 5.41) is 0. The zero-order valence-electron chi connectivity index (χ0n) is 9.55. The van der Waals surface area contributed by atoms with Gasteiger partial charge in [-0.3, -0.25) is 4.90 Å². The fourth-order valence-corrected chi connectivity index (χ4v) is 1.68. The number of nitrogens with zero attached hydrogens (tertiary/aromatic N) is 1. The van der Waals surface area contributed by atoms with Crippen LogP contribution in [0, 0.1) is 0 Å². The van der Waals surface area contributed by atoms with Crippen LogP contribution in [0.4, 0.5) is 4.39 Å². The summed E-state index contributed by atoms with van der Waals surface area (Å²) in [6.45, 7) is 9.30. The molecular formula is C11H22FNO. The molecule has 1 saturated heterocycles. The van der Waals surface area contributed by atoms with Crippen LogP contribution in [0.5, 0.6) is 0 Å². The zero-order chi connectivity index (χ0) is 10.6. The van der Waals surface area contributed by atoms with E-state index < -0.39 is 6.17 Å². The fraction of sp³-hybridized carbons (Fsp3) is 1.00. The lowest BCUT2D eigenvalue weighted by Crippen LogP contribution is -2.39. The van der Waals surface area contributed by atoms with Gasteiger partial charge in [0.2, 0.25) is 0 Å². The van der Waals surface area contributed by atoms with Crippen LogP contribution in [-0.4, -0.2) is 42.9 Å². The minimum Gasteiger partial charge on any atom is -0.375 e. The Kier molecular flexibility index (Phi) is 4.32. The van der Waals surface area contributed by atoms with E-state index in [0.29, 0.717) is 13.2 Å². The molecular weight excluding hydrogens is 181 g/mol. The molecule has 0 radical (unpaired) electrons. The molecule has 0 amide bonds. The molecule has 0 bridgehead atoms. The maximum absolute atomic E-state index is 13.0. The summed E-state index contributed by atoms with van der Waals surface area (Å²) in [5.74, 6) is 0. The highest BCUT2D eigenvalue weighted by Crippen LogP contribution is 2.13. The predicted molar refractivity (Wildman–Crippen MR) is 56.3 cm³/mol. The first kappa shape index (κ1) is 11.9.